The van der Waals surface area contributed by atoms with E-state index in [4.69, 9.17) is 5.73 Å². The molecule has 1 aromatic rings. The average molecular weight is 209 g/mol. The van der Waals surface area contributed by atoms with Gasteiger partial charge < -0.3 is 16.0 Å². The highest BCUT2D eigenvalue weighted by atomic mass is 16.1. The number of hydrogen-bond donors (Lipinski definition) is 2. The molecule has 0 atom stereocenters. The third-order valence-corrected chi connectivity index (χ3v) is 1.79. The Hall–Kier alpha value is -1.85. The summed E-state index contributed by atoms with van der Waals surface area (Å²) in [7, 11) is 1.75. The first-order valence-electron chi connectivity index (χ1n) is 4.69. The third-order valence-electron chi connectivity index (χ3n) is 1.79. The van der Waals surface area contributed by atoms with E-state index in [2.05, 4.69) is 15.3 Å². The Bertz CT molecular complexity index is 341. The van der Waals surface area contributed by atoms with E-state index < -0.39 is 0 Å². The van der Waals surface area contributed by atoms with Crippen molar-refractivity contribution >= 4 is 17.5 Å². The normalized spacial score (nSPS) is 9.73. The minimum Gasteiger partial charge on any atom is -0.370 e. The van der Waals surface area contributed by atoms with Gasteiger partial charge in [0.25, 0.3) is 0 Å². The van der Waals surface area contributed by atoms with Gasteiger partial charge in [-0.25, -0.2) is 9.97 Å². The van der Waals surface area contributed by atoms with Crippen LogP contribution in [0.25, 0.3) is 0 Å². The second-order valence-electron chi connectivity index (χ2n) is 3.11. The van der Waals surface area contributed by atoms with Gasteiger partial charge in [0.05, 0.1) is 6.54 Å². The number of anilines is 2. The number of primary amides is 1. The molecule has 0 bridgehead atoms. The van der Waals surface area contributed by atoms with Gasteiger partial charge in [0, 0.05) is 19.7 Å². The summed E-state index contributed by atoms with van der Waals surface area (Å²) >= 11 is 0. The molecule has 0 saturated heterocycles. The van der Waals surface area contributed by atoms with Gasteiger partial charge in [0.2, 0.25) is 5.91 Å². The van der Waals surface area contributed by atoms with Crippen LogP contribution in [0.5, 0.6) is 0 Å². The van der Waals surface area contributed by atoms with Crippen LogP contribution < -0.4 is 16.0 Å². The van der Waals surface area contributed by atoms with Crippen LogP contribution in [-0.2, 0) is 4.79 Å². The van der Waals surface area contributed by atoms with Crippen molar-refractivity contribution in [3.8, 4) is 0 Å². The van der Waals surface area contributed by atoms with E-state index in [1.807, 2.05) is 6.92 Å². The molecule has 82 valence electrons. The molecule has 0 aromatic carbocycles. The average Bonchev–Trinajstić information content (AvgIpc) is 2.17. The zero-order valence-corrected chi connectivity index (χ0v) is 8.90. The molecule has 0 aliphatic rings. The summed E-state index contributed by atoms with van der Waals surface area (Å²) in [4.78, 5) is 20.5. The second kappa shape index (κ2) is 5.14. The molecule has 6 heteroatoms. The zero-order chi connectivity index (χ0) is 11.3. The van der Waals surface area contributed by atoms with Crippen molar-refractivity contribution in [2.24, 2.45) is 5.73 Å². The first kappa shape index (κ1) is 11.2. The minimum atomic E-state index is -0.388. The van der Waals surface area contributed by atoms with Crippen molar-refractivity contribution in [3.63, 3.8) is 0 Å². The summed E-state index contributed by atoms with van der Waals surface area (Å²) in [6.07, 6.45) is 1.45. The van der Waals surface area contributed by atoms with E-state index in [0.29, 0.717) is 5.82 Å². The maximum Gasteiger partial charge on any atom is 0.236 e. The van der Waals surface area contributed by atoms with Gasteiger partial charge in [-0.15, -0.1) is 0 Å². The van der Waals surface area contributed by atoms with Crippen molar-refractivity contribution in [2.75, 3.05) is 30.4 Å². The van der Waals surface area contributed by atoms with Crippen LogP contribution in [0.2, 0.25) is 0 Å². The van der Waals surface area contributed by atoms with Gasteiger partial charge in [-0.05, 0) is 6.92 Å². The van der Waals surface area contributed by atoms with Crippen molar-refractivity contribution in [3.05, 3.63) is 12.4 Å². The third kappa shape index (κ3) is 3.41. The van der Waals surface area contributed by atoms with Gasteiger partial charge in [0.1, 0.15) is 18.0 Å². The molecule has 1 aromatic heterocycles. The fourth-order valence-corrected chi connectivity index (χ4v) is 1.15. The van der Waals surface area contributed by atoms with E-state index in [1.165, 1.54) is 6.33 Å². The minimum absolute atomic E-state index is 0.141. The molecule has 1 heterocycles. The lowest BCUT2D eigenvalue weighted by Gasteiger charge is -2.16. The van der Waals surface area contributed by atoms with E-state index >= 15 is 0 Å². The highest BCUT2D eigenvalue weighted by Gasteiger charge is 2.06. The van der Waals surface area contributed by atoms with Crippen molar-refractivity contribution in [1.82, 2.24) is 9.97 Å². The maximum absolute atomic E-state index is 10.7. The Morgan fingerprint density at radius 1 is 1.60 bits per heavy atom. The van der Waals surface area contributed by atoms with Crippen molar-refractivity contribution in [1.29, 1.82) is 0 Å². The van der Waals surface area contributed by atoms with Crippen LogP contribution in [0.4, 0.5) is 11.6 Å². The van der Waals surface area contributed by atoms with E-state index in [9.17, 15) is 4.79 Å². The summed E-state index contributed by atoms with van der Waals surface area (Å²) in [5.74, 6) is 1.01. The predicted molar refractivity (Wildman–Crippen MR) is 58.7 cm³/mol. The Labute approximate surface area is 88.5 Å². The first-order chi connectivity index (χ1) is 7.13. The smallest absolute Gasteiger partial charge is 0.236 e. The SMILES string of the molecule is CCNc1cc(N(C)CC(N)=O)ncn1. The highest BCUT2D eigenvalue weighted by molar-refractivity contribution is 5.79. The molecule has 15 heavy (non-hydrogen) atoms. The van der Waals surface area contributed by atoms with Crippen molar-refractivity contribution < 1.29 is 4.79 Å². The molecule has 6 nitrogen and oxygen atoms in total. The molecule has 1 rings (SSSR count). The molecule has 1 amide bonds. The van der Waals surface area contributed by atoms with Crippen LogP contribution in [-0.4, -0.2) is 36.0 Å². The number of nitrogens with one attached hydrogen (secondary N) is 1. The molecular weight excluding hydrogens is 194 g/mol. The number of aromatic nitrogens is 2. The summed E-state index contributed by atoms with van der Waals surface area (Å²) in [5.41, 5.74) is 5.09. The Kier molecular flexibility index (Phi) is 3.84. The molecule has 0 unspecified atom stereocenters. The second-order valence-corrected chi connectivity index (χ2v) is 3.11. The predicted octanol–water partition coefficient (Wildman–Crippen LogP) is -0.170. The zero-order valence-electron chi connectivity index (χ0n) is 8.90. The van der Waals surface area contributed by atoms with Crippen LogP contribution in [0.15, 0.2) is 12.4 Å². The quantitative estimate of drug-likeness (QED) is 0.703. The van der Waals surface area contributed by atoms with E-state index in [1.54, 1.807) is 18.0 Å². The molecule has 0 spiro atoms. The lowest BCUT2D eigenvalue weighted by Crippen LogP contribution is -2.31. The largest absolute Gasteiger partial charge is 0.370 e. The molecule has 0 saturated carbocycles. The summed E-state index contributed by atoms with van der Waals surface area (Å²) in [6, 6.07) is 1.77. The number of hydrogen-bond acceptors (Lipinski definition) is 5. The Balaban J connectivity index is 2.75. The number of nitrogens with zero attached hydrogens (tertiary/aromatic N) is 3. The molecule has 0 fully saturated rings. The van der Waals surface area contributed by atoms with Crippen molar-refractivity contribution in [2.45, 2.75) is 6.92 Å². The standard InChI is InChI=1S/C9H15N5O/c1-3-11-8-4-9(13-6-12-8)14(2)5-7(10)15/h4,6H,3,5H2,1-2H3,(H2,10,15)(H,11,12,13). The number of amides is 1. The summed E-state index contributed by atoms with van der Waals surface area (Å²) in [6.45, 7) is 2.91. The van der Waals surface area contributed by atoms with E-state index in [-0.39, 0.29) is 12.5 Å². The van der Waals surface area contributed by atoms with Gasteiger partial charge in [-0.3, -0.25) is 4.79 Å². The maximum atomic E-state index is 10.7. The highest BCUT2D eigenvalue weighted by Crippen LogP contribution is 2.11. The number of carbonyl (C=O) groups is 1. The number of nitrogens with two attached hydrogens (primary N) is 1. The van der Waals surface area contributed by atoms with E-state index in [0.717, 1.165) is 12.4 Å². The fraction of sp³-hybridized carbons (Fsp3) is 0.444. The number of rotatable bonds is 5. The molecule has 0 aliphatic carbocycles. The van der Waals surface area contributed by atoms with Gasteiger partial charge in [-0.2, -0.15) is 0 Å². The number of carbonyl (C=O) groups excluding carboxylic acids is 1. The van der Waals surface area contributed by atoms with Gasteiger partial charge in [0.15, 0.2) is 0 Å². The Morgan fingerprint density at radius 3 is 2.93 bits per heavy atom. The number of likely N-dealkylation sites (N-methyl/N-ethyl adjacent to an activating group) is 1. The monoisotopic (exact) mass is 209 g/mol. The van der Waals surface area contributed by atoms with Crippen LogP contribution in [0.3, 0.4) is 0 Å². The molecule has 0 radical (unpaired) electrons. The summed E-state index contributed by atoms with van der Waals surface area (Å²) < 4.78 is 0. The van der Waals surface area contributed by atoms with Crippen LogP contribution in [0.1, 0.15) is 6.92 Å². The Morgan fingerprint density at radius 2 is 2.33 bits per heavy atom. The van der Waals surface area contributed by atoms with Gasteiger partial charge in [-0.1, -0.05) is 0 Å². The topological polar surface area (TPSA) is 84.1 Å². The first-order valence-corrected chi connectivity index (χ1v) is 4.69. The lowest BCUT2D eigenvalue weighted by atomic mass is 10.4. The molecule has 0 aliphatic heterocycles. The van der Waals surface area contributed by atoms with Gasteiger partial charge >= 0.3 is 0 Å². The summed E-state index contributed by atoms with van der Waals surface area (Å²) in [5, 5.41) is 3.06. The molecule has 3 N–H and O–H groups in total. The fourth-order valence-electron chi connectivity index (χ4n) is 1.15. The van der Waals surface area contributed by atoms with Crippen LogP contribution >= 0.6 is 0 Å². The lowest BCUT2D eigenvalue weighted by molar-refractivity contribution is -0.116. The molecular formula is C9H15N5O. The van der Waals surface area contributed by atoms with Crippen LogP contribution in [0, 0.1) is 0 Å².